The molecule has 11 atom stereocenters. The highest BCUT2D eigenvalue weighted by atomic mass is 32.2. The summed E-state index contributed by atoms with van der Waals surface area (Å²) < 4.78 is 91.6. The largest absolute Gasteiger partial charge is 0.469 e. The van der Waals surface area contributed by atoms with Crippen LogP contribution in [0.3, 0.4) is 0 Å². The number of ether oxygens (including phenoxy) is 1. The van der Waals surface area contributed by atoms with Gasteiger partial charge < -0.3 is 36.0 Å². The molecule has 478 valence electrons. The first-order valence-electron chi connectivity index (χ1n) is 28.3. The number of carbonyl (C=O) groups is 1. The van der Waals surface area contributed by atoms with E-state index < -0.39 is 61.1 Å². The van der Waals surface area contributed by atoms with Gasteiger partial charge in [-0.2, -0.15) is 25.3 Å². The van der Waals surface area contributed by atoms with Gasteiger partial charge in [0.1, 0.15) is 30.4 Å². The van der Waals surface area contributed by atoms with Gasteiger partial charge in [-0.05, 0) is 69.9 Å². The normalized spacial score (nSPS) is 25.6. The van der Waals surface area contributed by atoms with E-state index in [1.807, 2.05) is 34.9 Å². The van der Waals surface area contributed by atoms with E-state index in [1.54, 1.807) is 26.3 Å². The lowest BCUT2D eigenvalue weighted by molar-refractivity contribution is -0.143. The fourth-order valence-corrected chi connectivity index (χ4v) is 13.1. The molecule has 4 fully saturated rings. The smallest absolute Gasteiger partial charge is 0.333 e. The van der Waals surface area contributed by atoms with Gasteiger partial charge in [-0.1, -0.05) is 46.7 Å². The number of pyridine rings is 1. The molecule has 5 aliphatic rings. The Kier molecular flexibility index (Phi) is 18.6. The summed E-state index contributed by atoms with van der Waals surface area (Å²) in [6.45, 7) is -0.563. The number of nitrogens with one attached hydrogen (secondary N) is 3. The highest BCUT2D eigenvalue weighted by Gasteiger charge is 2.40. The Balaban J connectivity index is 0.000000138. The van der Waals surface area contributed by atoms with Crippen LogP contribution in [0.1, 0.15) is 88.8 Å². The van der Waals surface area contributed by atoms with E-state index in [-0.39, 0.29) is 61.8 Å². The van der Waals surface area contributed by atoms with E-state index >= 15 is 0 Å². The second-order valence-electron chi connectivity index (χ2n) is 22.3. The molecule has 0 radical (unpaired) electrons. The molecule has 0 aliphatic heterocycles. The third-order valence-corrected chi connectivity index (χ3v) is 17.7. The van der Waals surface area contributed by atoms with Crippen molar-refractivity contribution in [2.24, 2.45) is 39.1 Å². The molecule has 89 heavy (non-hydrogen) atoms. The Morgan fingerprint density at radius 3 is 1.49 bits per heavy atom. The van der Waals surface area contributed by atoms with Crippen molar-refractivity contribution in [1.29, 1.82) is 0 Å². The van der Waals surface area contributed by atoms with Crippen LogP contribution in [0.15, 0.2) is 61.7 Å². The maximum absolute atomic E-state index is 11.7. The fraction of sp³-hybridized carbons (Fsp3) is 0.551. The second kappa shape index (κ2) is 26.4. The van der Waals surface area contributed by atoms with E-state index in [0.717, 1.165) is 18.5 Å². The molecule has 0 saturated heterocycles. The molecule has 8 heterocycles. The Morgan fingerprint density at radius 1 is 0.584 bits per heavy atom. The van der Waals surface area contributed by atoms with Crippen LogP contribution in [0.2, 0.25) is 0 Å². The predicted molar refractivity (Wildman–Crippen MR) is 311 cm³/mol. The summed E-state index contributed by atoms with van der Waals surface area (Å²) in [4.78, 5) is 41.8. The van der Waals surface area contributed by atoms with Gasteiger partial charge in [-0.3, -0.25) is 21.7 Å². The summed E-state index contributed by atoms with van der Waals surface area (Å²) in [5, 5.41) is 80.6. The van der Waals surface area contributed by atoms with E-state index in [4.69, 9.17) is 20.2 Å². The molecule has 8 aromatic rings. The minimum absolute atomic E-state index is 0.125. The molecule has 0 aromatic carbocycles. The fourth-order valence-electron chi connectivity index (χ4n) is 12.0. The zero-order chi connectivity index (χ0) is 62.8. The van der Waals surface area contributed by atoms with Crippen molar-refractivity contribution >= 4 is 99.3 Å². The first-order chi connectivity index (χ1) is 42.5. The molecular formula is C49H65N23O14S3. The number of carbonyl (C=O) groups excluding carboxylic acids is 1. The maximum Gasteiger partial charge on any atom is 0.333 e. The quantitative estimate of drug-likeness (QED) is 0.0365. The summed E-state index contributed by atoms with van der Waals surface area (Å²) in [6.07, 6.45) is 16.9. The molecule has 0 bridgehead atoms. The van der Waals surface area contributed by atoms with Crippen LogP contribution in [-0.4, -0.2) is 188 Å². The van der Waals surface area contributed by atoms with Crippen molar-refractivity contribution in [2.75, 3.05) is 42.9 Å². The average molecular weight is 1300 g/mol. The summed E-state index contributed by atoms with van der Waals surface area (Å²) in [6, 6.07) is 5.32. The lowest BCUT2D eigenvalue weighted by Gasteiger charge is -2.14. The van der Waals surface area contributed by atoms with Gasteiger partial charge in [0.2, 0.25) is 0 Å². The SMILES string of the molecule is COC(=O)[C@H]1C=C[C@@H](Nc2ncnc3c2nnn3C2CC(O)C(COS(N)(=O)=O)C2)C1.NS(=O)(=O)OCC1CC(n2nnc3c(NC4CCCC4)ncnc32)CC1O.NS(=O)(=O)OCC1CC(n2nnc3c(Nc4cnc5ccccn45)ncnc32)CC1O. The minimum Gasteiger partial charge on any atom is -0.469 e. The molecule has 0 amide bonds. The first-order valence-corrected chi connectivity index (χ1v) is 32.7. The molecular weight excluding hydrogens is 1230 g/mol. The van der Waals surface area contributed by atoms with Gasteiger partial charge in [-0.25, -0.2) is 64.4 Å². The topological polar surface area (TPSA) is 518 Å². The molecule has 37 nitrogen and oxygen atoms in total. The third-order valence-electron chi connectivity index (χ3n) is 16.3. The Morgan fingerprint density at radius 2 is 1.03 bits per heavy atom. The molecule has 0 spiro atoms. The number of nitrogens with zero attached hydrogens (tertiary/aromatic N) is 17. The number of methoxy groups -OCH3 is 1. The maximum atomic E-state index is 11.7. The number of hydrogen-bond acceptors (Lipinski definition) is 30. The number of rotatable bonds is 19. The zero-order valence-corrected chi connectivity index (χ0v) is 49.9. The molecule has 9 unspecified atom stereocenters. The predicted octanol–water partition coefficient (Wildman–Crippen LogP) is -0.464. The monoisotopic (exact) mass is 1300 g/mol. The average Bonchev–Trinajstić information content (AvgIpc) is 1.97. The summed E-state index contributed by atoms with van der Waals surface area (Å²) in [5.74, 6) is 0.546. The van der Waals surface area contributed by atoms with Crippen molar-refractivity contribution in [2.45, 2.75) is 119 Å². The molecule has 12 N–H and O–H groups in total. The van der Waals surface area contributed by atoms with Gasteiger partial charge in [0, 0.05) is 36.0 Å². The Labute approximate surface area is 507 Å². The van der Waals surface area contributed by atoms with Crippen LogP contribution in [0.5, 0.6) is 0 Å². The number of aliphatic hydroxyl groups excluding tert-OH is 3. The third kappa shape index (κ3) is 14.9. The minimum atomic E-state index is -4.08. The summed E-state index contributed by atoms with van der Waals surface area (Å²) in [7, 11) is -10.8. The Bertz CT molecular complexity index is 4200. The molecule has 40 heteroatoms. The lowest BCUT2D eigenvalue weighted by Crippen LogP contribution is -2.24. The van der Waals surface area contributed by atoms with Crippen LogP contribution in [0, 0.1) is 23.7 Å². The van der Waals surface area contributed by atoms with Crippen molar-refractivity contribution in [1.82, 2.24) is 84.3 Å². The van der Waals surface area contributed by atoms with Gasteiger partial charge in [0.25, 0.3) is 0 Å². The number of aromatic nitrogens is 17. The number of aliphatic hydroxyl groups is 3. The van der Waals surface area contributed by atoms with Gasteiger partial charge in [0.05, 0.1) is 75.5 Å². The lowest BCUT2D eigenvalue weighted by atomic mass is 10.1. The summed E-state index contributed by atoms with van der Waals surface area (Å²) in [5.41, 5.74) is 3.87. The van der Waals surface area contributed by atoms with Gasteiger partial charge in [0.15, 0.2) is 50.9 Å². The van der Waals surface area contributed by atoms with Crippen molar-refractivity contribution in [3.8, 4) is 0 Å². The van der Waals surface area contributed by atoms with Crippen LogP contribution < -0.4 is 31.4 Å². The van der Waals surface area contributed by atoms with Crippen molar-refractivity contribution < 1.29 is 62.7 Å². The highest BCUT2D eigenvalue weighted by molar-refractivity contribution is 7.84. The van der Waals surface area contributed by atoms with Gasteiger partial charge >= 0.3 is 36.9 Å². The zero-order valence-electron chi connectivity index (χ0n) is 47.5. The Hall–Kier alpha value is -7.77. The van der Waals surface area contributed by atoms with E-state index in [2.05, 4.69) is 94.3 Å². The van der Waals surface area contributed by atoms with Gasteiger partial charge in [-0.15, -0.1) is 15.3 Å². The van der Waals surface area contributed by atoms with Crippen molar-refractivity contribution in [3.63, 3.8) is 0 Å². The number of imidazole rings is 1. The van der Waals surface area contributed by atoms with E-state index in [9.17, 15) is 45.4 Å². The summed E-state index contributed by atoms with van der Waals surface area (Å²) >= 11 is 0. The molecule has 13 rings (SSSR count). The molecule has 5 aliphatic carbocycles. The number of anilines is 4. The number of fused-ring (bicyclic) bond motifs is 4. The number of nitrogens with two attached hydrogens (primary N) is 3. The molecule has 4 saturated carbocycles. The second-order valence-corrected chi connectivity index (χ2v) is 26.0. The van der Waals surface area contributed by atoms with E-state index in [1.165, 1.54) is 38.9 Å². The van der Waals surface area contributed by atoms with Crippen LogP contribution in [-0.2, 0) is 53.0 Å². The number of hydrogen-bond donors (Lipinski definition) is 9. The highest BCUT2D eigenvalue weighted by Crippen LogP contribution is 2.40. The van der Waals surface area contributed by atoms with Crippen LogP contribution in [0.25, 0.3) is 39.1 Å². The van der Waals surface area contributed by atoms with E-state index in [0.29, 0.717) is 108 Å². The number of esters is 1. The van der Waals surface area contributed by atoms with Crippen LogP contribution in [0.4, 0.5) is 23.3 Å². The first kappa shape index (κ1) is 62.8. The standard InChI is InChI=1S/C17H19N9O4S.C17H23N7O6S.C15H23N7O4S/c18-31(28,29)30-8-10-5-11(6-12(10)27)26-17-15(23-24-26)16(20-9-21-17)22-14-7-19-13-3-1-2-4-25(13)14;1-29-17(26)9-2-3-11(4-9)21-15-14-16(20-8-19-15)24(23-22-14)12-5-10(13(25)6-12)7-30-31(18,27)28;16-27(24,25)26-7-9-5-11(6-12(9)23)22-15-13(20-21-22)14(17-8-18-15)19-10-3-1-2-4-10/h1-4,7,9-12,27H,5-6,8H2,(H2,18,28,29)(H,20,21,22);2-3,8-13,25H,4-7H2,1H3,(H2,18,27,28)(H,19,20,21);8-12,23H,1-7H2,(H2,16,24,25)(H,17,18,19)/t;9-,10?,11+,12?,13?;/m.0./s1. The van der Waals surface area contributed by atoms with Crippen LogP contribution >= 0.6 is 0 Å². The molecule has 8 aromatic heterocycles. The van der Waals surface area contributed by atoms with Crippen molar-refractivity contribution in [3.05, 3.63) is 61.7 Å².